The van der Waals surface area contributed by atoms with E-state index in [4.69, 9.17) is 0 Å². The fourth-order valence-electron chi connectivity index (χ4n) is 4.89. The molecule has 3 aliphatic heterocycles. The number of thioether (sulfide) groups is 1. The van der Waals surface area contributed by atoms with Crippen LogP contribution in [0.15, 0.2) is 29.6 Å². The third kappa shape index (κ3) is 4.19. The van der Waals surface area contributed by atoms with Crippen molar-refractivity contribution in [3.63, 3.8) is 0 Å². The minimum absolute atomic E-state index is 0.0488. The molecule has 0 spiro atoms. The number of urea groups is 1. The van der Waals surface area contributed by atoms with E-state index in [0.29, 0.717) is 5.92 Å². The van der Waals surface area contributed by atoms with Gasteiger partial charge in [-0.3, -0.25) is 14.7 Å². The van der Waals surface area contributed by atoms with E-state index in [0.717, 1.165) is 65.6 Å². The van der Waals surface area contributed by atoms with Crippen LogP contribution in [0.2, 0.25) is 0 Å². The molecule has 5 rings (SSSR count). The van der Waals surface area contributed by atoms with Gasteiger partial charge in [0, 0.05) is 30.0 Å². The Morgan fingerprint density at radius 2 is 2.18 bits per heavy atom. The van der Waals surface area contributed by atoms with E-state index in [-0.39, 0.29) is 18.0 Å². The van der Waals surface area contributed by atoms with E-state index in [2.05, 4.69) is 45.8 Å². The van der Waals surface area contributed by atoms with Crippen molar-refractivity contribution >= 4 is 35.1 Å². The van der Waals surface area contributed by atoms with Gasteiger partial charge in [0.2, 0.25) is 5.91 Å². The van der Waals surface area contributed by atoms with E-state index >= 15 is 0 Å². The molecule has 3 atom stereocenters. The predicted molar refractivity (Wildman–Crippen MR) is 129 cm³/mol. The number of hydrogen-bond acceptors (Lipinski definition) is 6. The number of nitrogens with one attached hydrogen (secondary N) is 3. The number of carbonyl (C=O) groups is 2. The summed E-state index contributed by atoms with van der Waals surface area (Å²) in [6.07, 6.45) is 6.40. The zero-order valence-corrected chi connectivity index (χ0v) is 20.0. The molecule has 8 nitrogen and oxygen atoms in total. The summed E-state index contributed by atoms with van der Waals surface area (Å²) in [7, 11) is 0. The lowest BCUT2D eigenvalue weighted by atomic mass is 9.99. The smallest absolute Gasteiger partial charge is 0.327 e. The number of anilines is 2. The van der Waals surface area contributed by atoms with Crippen LogP contribution in [-0.4, -0.2) is 46.3 Å². The molecule has 0 bridgehead atoms. The summed E-state index contributed by atoms with van der Waals surface area (Å²) in [5.41, 5.74) is 4.45. The first-order chi connectivity index (χ1) is 15.9. The minimum atomic E-state index is -0.436. The molecule has 9 heteroatoms. The number of piperidine rings is 1. The molecule has 3 amide bonds. The second-order valence-corrected chi connectivity index (χ2v) is 10.6. The van der Waals surface area contributed by atoms with Crippen molar-refractivity contribution in [2.75, 3.05) is 18.0 Å². The maximum absolute atomic E-state index is 13.3. The van der Waals surface area contributed by atoms with Crippen molar-refractivity contribution in [2.24, 2.45) is 5.92 Å². The van der Waals surface area contributed by atoms with E-state index in [1.54, 1.807) is 17.3 Å². The number of amides is 3. The number of pyridine rings is 2. The van der Waals surface area contributed by atoms with Gasteiger partial charge in [0.15, 0.2) is 0 Å². The molecular formula is C24H30N6O2S. The van der Waals surface area contributed by atoms with Crippen molar-refractivity contribution in [1.82, 2.24) is 25.9 Å². The summed E-state index contributed by atoms with van der Waals surface area (Å²) >= 11 is 1.43. The maximum atomic E-state index is 13.3. The van der Waals surface area contributed by atoms with Gasteiger partial charge in [-0.2, -0.15) is 0 Å². The molecule has 2 aromatic heterocycles. The van der Waals surface area contributed by atoms with E-state index in [9.17, 15) is 9.59 Å². The predicted octanol–water partition coefficient (Wildman–Crippen LogP) is 3.23. The summed E-state index contributed by atoms with van der Waals surface area (Å²) in [4.78, 5) is 37.3. The van der Waals surface area contributed by atoms with Crippen LogP contribution in [0.1, 0.15) is 49.6 Å². The van der Waals surface area contributed by atoms with Crippen LogP contribution in [0, 0.1) is 12.8 Å². The van der Waals surface area contributed by atoms with E-state index in [1.807, 2.05) is 13.0 Å². The Morgan fingerprint density at radius 1 is 1.33 bits per heavy atom. The number of hydrogen-bond donors (Lipinski definition) is 3. The number of aryl methyl sites for hydroxylation is 1. The third-order valence-corrected chi connectivity index (χ3v) is 7.69. The lowest BCUT2D eigenvalue weighted by molar-refractivity contribution is -0.121. The largest absolute Gasteiger partial charge is 0.351 e. The van der Waals surface area contributed by atoms with Crippen LogP contribution in [0.5, 0.6) is 0 Å². The lowest BCUT2D eigenvalue weighted by Crippen LogP contribution is -2.52. The Morgan fingerprint density at radius 3 is 2.91 bits per heavy atom. The van der Waals surface area contributed by atoms with Gasteiger partial charge < -0.3 is 16.0 Å². The number of rotatable bonds is 5. The highest BCUT2D eigenvalue weighted by atomic mass is 32.2. The zero-order chi connectivity index (χ0) is 23.1. The standard InChI is InChI=1S/C24H30N6O2S/c1-13(2)9-16-10-14(3)18(12-27-16)30-17-6-8-26-23-19(17)20(29-24(30)32)21(33-23)22(31)28-15-5-4-7-25-11-15/h6,8,10,12-13,15,20-21,25H,4-5,7,9,11H2,1-3H3,(H,28,31)(H,29,32)/t15?,20?,21-/m1/s1. The maximum Gasteiger partial charge on any atom is 0.327 e. The number of nitrogens with zero attached hydrogens (tertiary/aromatic N) is 3. The van der Waals surface area contributed by atoms with Gasteiger partial charge in [0.25, 0.3) is 0 Å². The number of aromatic nitrogens is 2. The van der Waals surface area contributed by atoms with Crippen molar-refractivity contribution in [3.05, 3.63) is 41.3 Å². The molecule has 1 fully saturated rings. The molecule has 3 aliphatic rings. The van der Waals surface area contributed by atoms with E-state index in [1.165, 1.54) is 11.8 Å². The van der Waals surface area contributed by atoms with Crippen molar-refractivity contribution in [2.45, 2.75) is 62.4 Å². The topological polar surface area (TPSA) is 99.2 Å². The minimum Gasteiger partial charge on any atom is -0.351 e. The Balaban J connectivity index is 1.44. The van der Waals surface area contributed by atoms with Gasteiger partial charge in [-0.25, -0.2) is 9.78 Å². The highest BCUT2D eigenvalue weighted by molar-refractivity contribution is 8.01. The van der Waals surface area contributed by atoms with Crippen molar-refractivity contribution in [3.8, 4) is 0 Å². The van der Waals surface area contributed by atoms with Crippen LogP contribution in [0.4, 0.5) is 16.2 Å². The molecule has 2 aromatic rings. The Bertz CT molecular complexity index is 1080. The number of carbonyl (C=O) groups excluding carboxylic acids is 2. The lowest BCUT2D eigenvalue weighted by Gasteiger charge is -2.35. The van der Waals surface area contributed by atoms with Crippen LogP contribution < -0.4 is 20.9 Å². The van der Waals surface area contributed by atoms with Gasteiger partial charge >= 0.3 is 6.03 Å². The summed E-state index contributed by atoms with van der Waals surface area (Å²) in [5, 5.41) is 9.94. The quantitative estimate of drug-likeness (QED) is 0.626. The molecule has 33 heavy (non-hydrogen) atoms. The first-order valence-electron chi connectivity index (χ1n) is 11.6. The molecule has 174 valence electrons. The first kappa shape index (κ1) is 22.2. The summed E-state index contributed by atoms with van der Waals surface area (Å²) in [5.74, 6) is 0.460. The van der Waals surface area contributed by atoms with Crippen molar-refractivity contribution < 1.29 is 9.59 Å². The van der Waals surface area contributed by atoms with Gasteiger partial charge in [-0.1, -0.05) is 25.6 Å². The van der Waals surface area contributed by atoms with Crippen LogP contribution >= 0.6 is 11.8 Å². The summed E-state index contributed by atoms with van der Waals surface area (Å²) < 4.78 is 0. The SMILES string of the molecule is Cc1cc(CC(C)C)ncc1N1C(=O)NC2c3c1ccnc3S[C@H]2C(=O)NC1CCCNC1. The molecule has 0 aliphatic carbocycles. The summed E-state index contributed by atoms with van der Waals surface area (Å²) in [6.45, 7) is 8.11. The molecular weight excluding hydrogens is 436 g/mol. The Hall–Kier alpha value is -2.65. The van der Waals surface area contributed by atoms with Crippen LogP contribution in [0.3, 0.4) is 0 Å². The zero-order valence-electron chi connectivity index (χ0n) is 19.2. The van der Waals surface area contributed by atoms with Gasteiger partial charge in [-0.05, 0) is 56.3 Å². The Labute approximate surface area is 198 Å². The third-order valence-electron chi connectivity index (χ3n) is 6.41. The van der Waals surface area contributed by atoms with E-state index < -0.39 is 11.3 Å². The van der Waals surface area contributed by atoms with Gasteiger partial charge in [0.05, 0.1) is 23.6 Å². The average molecular weight is 467 g/mol. The fourth-order valence-corrected chi connectivity index (χ4v) is 6.13. The highest BCUT2D eigenvalue weighted by Gasteiger charge is 2.47. The van der Waals surface area contributed by atoms with Crippen molar-refractivity contribution in [1.29, 1.82) is 0 Å². The Kier molecular flexibility index (Phi) is 6.01. The normalized spacial score (nSPS) is 23.9. The molecule has 0 aromatic carbocycles. The molecule has 1 saturated heterocycles. The molecule has 5 heterocycles. The fraction of sp³-hybridized carbons (Fsp3) is 0.500. The van der Waals surface area contributed by atoms with Crippen LogP contribution in [0.25, 0.3) is 0 Å². The van der Waals surface area contributed by atoms with Crippen LogP contribution in [-0.2, 0) is 11.2 Å². The average Bonchev–Trinajstić information content (AvgIpc) is 3.15. The molecule has 2 unspecified atom stereocenters. The second kappa shape index (κ2) is 8.95. The molecule has 0 saturated carbocycles. The monoisotopic (exact) mass is 466 g/mol. The molecule has 3 N–H and O–H groups in total. The van der Waals surface area contributed by atoms with Gasteiger partial charge in [-0.15, -0.1) is 0 Å². The molecule has 0 radical (unpaired) electrons. The van der Waals surface area contributed by atoms with Gasteiger partial charge in [0.1, 0.15) is 10.3 Å². The highest BCUT2D eigenvalue weighted by Crippen LogP contribution is 2.50. The summed E-state index contributed by atoms with van der Waals surface area (Å²) in [6, 6.07) is 3.39. The first-order valence-corrected chi connectivity index (χ1v) is 12.5. The second-order valence-electron chi connectivity index (χ2n) is 9.46.